The Balaban J connectivity index is 1.47. The number of nitrogens with two attached hydrogens (primary N) is 1. The van der Waals surface area contributed by atoms with E-state index in [2.05, 4.69) is 10.3 Å². The highest BCUT2D eigenvalue weighted by Crippen LogP contribution is 2.35. The Morgan fingerprint density at radius 2 is 1.82 bits per heavy atom. The first-order valence-electron chi connectivity index (χ1n) is 10.2. The highest BCUT2D eigenvalue weighted by Gasteiger charge is 2.18. The first-order chi connectivity index (χ1) is 15.9. The fourth-order valence-electron chi connectivity index (χ4n) is 3.55. The van der Waals surface area contributed by atoms with Crippen molar-refractivity contribution in [3.8, 4) is 28.7 Å². The average Bonchev–Trinajstić information content (AvgIpc) is 3.44. The third-order valence-electron chi connectivity index (χ3n) is 5.16. The first-order valence-corrected chi connectivity index (χ1v) is 11.7. The number of aryl methyl sites for hydroxylation is 1. The number of aromatic nitrogens is 3. The molecule has 3 N–H and O–H groups in total. The van der Waals surface area contributed by atoms with Crippen molar-refractivity contribution in [3.05, 3.63) is 78.2 Å². The predicted molar refractivity (Wildman–Crippen MR) is 123 cm³/mol. The quantitative estimate of drug-likeness (QED) is 0.450. The molecule has 9 nitrogen and oxygen atoms in total. The van der Waals surface area contributed by atoms with Crippen LogP contribution in [-0.4, -0.2) is 29.7 Å². The molecule has 0 bridgehead atoms. The van der Waals surface area contributed by atoms with Gasteiger partial charge in [0.25, 0.3) is 0 Å². The molecule has 5 rings (SSSR count). The summed E-state index contributed by atoms with van der Waals surface area (Å²) in [4.78, 5) is 9.51. The van der Waals surface area contributed by atoms with Crippen molar-refractivity contribution in [2.75, 3.05) is 12.1 Å². The van der Waals surface area contributed by atoms with Crippen LogP contribution in [0.25, 0.3) is 17.2 Å². The van der Waals surface area contributed by atoms with Crippen molar-refractivity contribution in [2.45, 2.75) is 18.4 Å². The Morgan fingerprint density at radius 3 is 2.58 bits per heavy atom. The zero-order valence-corrected chi connectivity index (χ0v) is 18.5. The van der Waals surface area contributed by atoms with Gasteiger partial charge < -0.3 is 14.8 Å². The highest BCUT2D eigenvalue weighted by molar-refractivity contribution is 7.89. The lowest BCUT2D eigenvalue weighted by Gasteiger charge is -2.08. The molecule has 0 saturated carbocycles. The van der Waals surface area contributed by atoms with Crippen LogP contribution in [0.4, 0.5) is 5.69 Å². The zero-order chi connectivity index (χ0) is 23.0. The van der Waals surface area contributed by atoms with Crippen LogP contribution in [-0.2, 0) is 16.6 Å². The second-order valence-corrected chi connectivity index (χ2v) is 9.11. The molecule has 2 aromatic carbocycles. The smallest absolute Gasteiger partial charge is 0.238 e. The predicted octanol–water partition coefficient (Wildman–Crippen LogP) is 3.23. The minimum absolute atomic E-state index is 0.0629. The molecule has 2 aromatic heterocycles. The number of hydrogen-bond donors (Lipinski definition) is 2. The first kappa shape index (κ1) is 21.0. The Hall–Kier alpha value is -3.89. The maximum Gasteiger partial charge on any atom is 0.238 e. The summed E-state index contributed by atoms with van der Waals surface area (Å²) in [7, 11) is -3.73. The Bertz CT molecular complexity index is 1430. The molecule has 0 fully saturated rings. The van der Waals surface area contributed by atoms with Crippen LogP contribution in [0.5, 0.6) is 11.5 Å². The molecule has 0 aliphatic carbocycles. The van der Waals surface area contributed by atoms with Crippen LogP contribution in [0.3, 0.4) is 0 Å². The molecule has 0 saturated heterocycles. The van der Waals surface area contributed by atoms with E-state index in [4.69, 9.17) is 19.6 Å². The van der Waals surface area contributed by atoms with Gasteiger partial charge in [-0.15, -0.1) is 0 Å². The number of imidazole rings is 1. The van der Waals surface area contributed by atoms with E-state index < -0.39 is 10.0 Å². The summed E-state index contributed by atoms with van der Waals surface area (Å²) in [5.41, 5.74) is 4.03. The maximum atomic E-state index is 11.4. The molecule has 0 spiro atoms. The largest absolute Gasteiger partial charge is 0.454 e. The molecule has 0 radical (unpaired) electrons. The normalized spacial score (nSPS) is 12.7. The number of pyridine rings is 1. The van der Waals surface area contributed by atoms with Gasteiger partial charge in [-0.05, 0) is 55.5 Å². The number of nitrogens with zero attached hydrogens (tertiary/aromatic N) is 3. The summed E-state index contributed by atoms with van der Waals surface area (Å²) in [6, 6.07) is 17.8. The molecule has 0 unspecified atom stereocenters. The number of benzene rings is 2. The third-order valence-corrected chi connectivity index (χ3v) is 6.09. The van der Waals surface area contributed by atoms with Crippen molar-refractivity contribution in [3.63, 3.8) is 0 Å². The monoisotopic (exact) mass is 463 g/mol. The van der Waals surface area contributed by atoms with E-state index in [0.29, 0.717) is 23.9 Å². The zero-order valence-electron chi connectivity index (χ0n) is 17.7. The van der Waals surface area contributed by atoms with Gasteiger partial charge >= 0.3 is 0 Å². The number of rotatable bonds is 6. The summed E-state index contributed by atoms with van der Waals surface area (Å²) >= 11 is 0. The Labute approximate surface area is 190 Å². The fraction of sp³-hybridized carbons (Fsp3) is 0.130. The van der Waals surface area contributed by atoms with Gasteiger partial charge in [0.1, 0.15) is 5.69 Å². The number of hydrogen-bond acceptors (Lipinski definition) is 7. The van der Waals surface area contributed by atoms with E-state index >= 15 is 0 Å². The minimum atomic E-state index is -3.73. The van der Waals surface area contributed by atoms with Crippen molar-refractivity contribution in [2.24, 2.45) is 5.14 Å². The van der Waals surface area contributed by atoms with E-state index in [-0.39, 0.29) is 11.7 Å². The van der Waals surface area contributed by atoms with E-state index in [1.165, 1.54) is 12.1 Å². The van der Waals surface area contributed by atoms with Crippen molar-refractivity contribution >= 4 is 15.7 Å². The summed E-state index contributed by atoms with van der Waals surface area (Å²) in [5, 5.41) is 8.42. The van der Waals surface area contributed by atoms with Crippen LogP contribution in [0.15, 0.2) is 71.8 Å². The molecule has 168 valence electrons. The molecule has 0 amide bonds. The van der Waals surface area contributed by atoms with E-state index in [0.717, 1.165) is 28.5 Å². The van der Waals surface area contributed by atoms with Crippen LogP contribution in [0, 0.1) is 6.92 Å². The lowest BCUT2D eigenvalue weighted by atomic mass is 10.2. The van der Waals surface area contributed by atoms with Gasteiger partial charge in [-0.3, -0.25) is 4.57 Å². The van der Waals surface area contributed by atoms with Crippen molar-refractivity contribution < 1.29 is 17.9 Å². The van der Waals surface area contributed by atoms with Crippen molar-refractivity contribution in [1.29, 1.82) is 0 Å². The number of ether oxygens (including phenoxy) is 2. The van der Waals surface area contributed by atoms with Gasteiger partial charge in [0.2, 0.25) is 16.8 Å². The van der Waals surface area contributed by atoms with Gasteiger partial charge in [-0.25, -0.2) is 23.5 Å². The lowest BCUT2D eigenvalue weighted by molar-refractivity contribution is 0.174. The van der Waals surface area contributed by atoms with Crippen LogP contribution >= 0.6 is 0 Å². The van der Waals surface area contributed by atoms with E-state index in [1.54, 1.807) is 12.1 Å². The number of sulfonamides is 1. The molecule has 4 aromatic rings. The number of fused-ring (bicyclic) bond motifs is 1. The van der Waals surface area contributed by atoms with Gasteiger partial charge in [0, 0.05) is 23.6 Å². The fourth-order valence-corrected chi connectivity index (χ4v) is 4.06. The summed E-state index contributed by atoms with van der Waals surface area (Å²) in [6.07, 6.45) is 1.93. The lowest BCUT2D eigenvalue weighted by Crippen LogP contribution is -2.12. The number of primary sulfonamides is 1. The molecule has 1 aliphatic heterocycles. The second kappa shape index (κ2) is 8.23. The molecular formula is C23H21N5O4S. The van der Waals surface area contributed by atoms with Gasteiger partial charge in [0.15, 0.2) is 17.3 Å². The van der Waals surface area contributed by atoms with Crippen molar-refractivity contribution in [1.82, 2.24) is 14.5 Å². The SMILES string of the molecule is Cc1cccc(-c2nc(CNc3ccc(S(N)(=O)=O)cc3)cn2-c2ccc3c(c2)OCO3)n1. The van der Waals surface area contributed by atoms with E-state index in [1.807, 2.05) is 54.1 Å². The third kappa shape index (κ3) is 4.38. The molecule has 1 aliphatic rings. The Morgan fingerprint density at radius 1 is 1.03 bits per heavy atom. The highest BCUT2D eigenvalue weighted by atomic mass is 32.2. The summed E-state index contributed by atoms with van der Waals surface area (Å²) < 4.78 is 35.8. The van der Waals surface area contributed by atoms with Gasteiger partial charge in [-0.2, -0.15) is 0 Å². The minimum Gasteiger partial charge on any atom is -0.454 e. The average molecular weight is 464 g/mol. The van der Waals surface area contributed by atoms with E-state index in [9.17, 15) is 8.42 Å². The standard InChI is InChI=1S/C23H21N5O4S/c1-15-3-2-4-20(26-15)23-27-17(12-25-16-5-8-19(9-6-16)33(24,29)30)13-28(23)18-7-10-21-22(11-18)32-14-31-21/h2-11,13,25H,12,14H2,1H3,(H2,24,29,30). The van der Waals surface area contributed by atoms with Crippen LogP contribution in [0.2, 0.25) is 0 Å². The van der Waals surface area contributed by atoms with Gasteiger partial charge in [0.05, 0.1) is 22.8 Å². The number of nitrogens with one attached hydrogen (secondary N) is 1. The molecular weight excluding hydrogens is 442 g/mol. The molecule has 0 atom stereocenters. The topological polar surface area (TPSA) is 121 Å². The maximum absolute atomic E-state index is 11.4. The molecule has 3 heterocycles. The van der Waals surface area contributed by atoms with Crippen LogP contribution < -0.4 is 19.9 Å². The van der Waals surface area contributed by atoms with Crippen LogP contribution in [0.1, 0.15) is 11.4 Å². The summed E-state index contributed by atoms with van der Waals surface area (Å²) in [5.74, 6) is 2.08. The second-order valence-electron chi connectivity index (χ2n) is 7.55. The molecule has 10 heteroatoms. The molecule has 33 heavy (non-hydrogen) atoms. The van der Waals surface area contributed by atoms with Gasteiger partial charge in [-0.1, -0.05) is 6.07 Å². The number of anilines is 1. The summed E-state index contributed by atoms with van der Waals surface area (Å²) in [6.45, 7) is 2.56. The Kier molecular flexibility index (Phi) is 5.23.